The molecule has 1 atom stereocenters. The van der Waals surface area contributed by atoms with Crippen LogP contribution in [0, 0.1) is 0 Å². The number of aryl methyl sites for hydroxylation is 1. The molecule has 1 unspecified atom stereocenters. The number of amides is 1. The van der Waals surface area contributed by atoms with Gasteiger partial charge in [0.25, 0.3) is 0 Å². The van der Waals surface area contributed by atoms with Crippen molar-refractivity contribution in [1.29, 1.82) is 0 Å². The molecule has 1 amide bonds. The first-order valence-corrected chi connectivity index (χ1v) is 7.73. The number of para-hydroxylation sites is 1. The van der Waals surface area contributed by atoms with E-state index >= 15 is 0 Å². The first kappa shape index (κ1) is 16.8. The second kappa shape index (κ2) is 7.63. The van der Waals surface area contributed by atoms with Crippen LogP contribution in [0.1, 0.15) is 30.6 Å². The Morgan fingerprint density at radius 1 is 1.23 bits per heavy atom. The topological polar surface area (TPSA) is 49.3 Å². The number of aliphatic hydroxyl groups is 1. The normalized spacial score (nSPS) is 12.0. The summed E-state index contributed by atoms with van der Waals surface area (Å²) >= 11 is 11.9. The predicted molar refractivity (Wildman–Crippen MR) is 90.5 cm³/mol. The summed E-state index contributed by atoms with van der Waals surface area (Å²) in [4.78, 5) is 12.1. The Morgan fingerprint density at radius 3 is 2.64 bits per heavy atom. The lowest BCUT2D eigenvalue weighted by molar-refractivity contribution is -0.116. The van der Waals surface area contributed by atoms with Gasteiger partial charge in [0.2, 0.25) is 5.91 Å². The summed E-state index contributed by atoms with van der Waals surface area (Å²) in [7, 11) is 0. The maximum atomic E-state index is 12.1. The molecule has 0 aliphatic rings. The second-order valence-corrected chi connectivity index (χ2v) is 5.89. The Labute approximate surface area is 139 Å². The fraction of sp³-hybridized carbons (Fsp3) is 0.235. The van der Waals surface area contributed by atoms with Gasteiger partial charge < -0.3 is 10.4 Å². The number of aliphatic hydroxyl groups excluding tert-OH is 1. The van der Waals surface area contributed by atoms with E-state index in [9.17, 15) is 9.90 Å². The third-order valence-corrected chi connectivity index (χ3v) is 3.91. The zero-order valence-corrected chi connectivity index (χ0v) is 13.7. The highest BCUT2D eigenvalue weighted by atomic mass is 35.5. The van der Waals surface area contributed by atoms with Crippen LogP contribution < -0.4 is 5.32 Å². The molecule has 0 fully saturated rings. The lowest BCUT2D eigenvalue weighted by Crippen LogP contribution is -2.14. The number of anilines is 1. The van der Waals surface area contributed by atoms with Crippen molar-refractivity contribution in [3.05, 3.63) is 63.6 Å². The van der Waals surface area contributed by atoms with Crippen LogP contribution in [0.2, 0.25) is 10.0 Å². The van der Waals surface area contributed by atoms with Crippen LogP contribution in [0.3, 0.4) is 0 Å². The van der Waals surface area contributed by atoms with Gasteiger partial charge in [-0.15, -0.1) is 0 Å². The summed E-state index contributed by atoms with van der Waals surface area (Å²) < 4.78 is 0. The van der Waals surface area contributed by atoms with Crippen molar-refractivity contribution in [1.82, 2.24) is 0 Å². The molecule has 0 aliphatic carbocycles. The summed E-state index contributed by atoms with van der Waals surface area (Å²) in [6.07, 6.45) is 0.191. The zero-order chi connectivity index (χ0) is 16.1. The molecule has 0 aromatic heterocycles. The number of carbonyl (C=O) groups is 1. The molecular formula is C17H17Cl2NO2. The van der Waals surface area contributed by atoms with Crippen molar-refractivity contribution in [3.8, 4) is 0 Å². The average molecular weight is 338 g/mol. The summed E-state index contributed by atoms with van der Waals surface area (Å²) in [5.74, 6) is -0.126. The van der Waals surface area contributed by atoms with E-state index in [1.165, 1.54) is 0 Å². The summed E-state index contributed by atoms with van der Waals surface area (Å²) in [5.41, 5.74) is 2.20. The highest BCUT2D eigenvalue weighted by molar-refractivity contribution is 6.35. The molecule has 2 rings (SSSR count). The molecule has 0 aliphatic heterocycles. The highest BCUT2D eigenvalue weighted by Gasteiger charge is 2.11. The van der Waals surface area contributed by atoms with Gasteiger partial charge in [0.05, 0.1) is 6.10 Å². The molecule has 0 saturated heterocycles. The predicted octanol–water partition coefficient (Wildman–Crippen LogP) is 4.62. The van der Waals surface area contributed by atoms with Crippen LogP contribution in [-0.2, 0) is 11.2 Å². The van der Waals surface area contributed by atoms with Gasteiger partial charge in [-0.25, -0.2) is 0 Å². The van der Waals surface area contributed by atoms with Crippen molar-refractivity contribution in [2.24, 2.45) is 0 Å². The monoisotopic (exact) mass is 337 g/mol. The Bertz CT molecular complexity index is 671. The number of nitrogens with one attached hydrogen (secondary N) is 1. The summed E-state index contributed by atoms with van der Waals surface area (Å²) in [6.45, 7) is 1.67. The molecule has 2 N–H and O–H groups in total. The summed E-state index contributed by atoms with van der Waals surface area (Å²) in [5, 5.41) is 13.7. The molecule has 2 aromatic rings. The number of benzene rings is 2. The number of rotatable bonds is 5. The van der Waals surface area contributed by atoms with Gasteiger partial charge in [-0.05, 0) is 37.1 Å². The van der Waals surface area contributed by atoms with E-state index in [4.69, 9.17) is 23.2 Å². The van der Waals surface area contributed by atoms with Gasteiger partial charge in [0.15, 0.2) is 0 Å². The SMILES string of the molecule is CC(O)c1ccccc1NC(=O)CCc1ccc(Cl)cc1Cl. The number of hydrogen-bond acceptors (Lipinski definition) is 2. The van der Waals surface area contributed by atoms with Crippen molar-refractivity contribution >= 4 is 34.8 Å². The Hall–Kier alpha value is -1.55. The van der Waals surface area contributed by atoms with Crippen LogP contribution in [0.4, 0.5) is 5.69 Å². The van der Waals surface area contributed by atoms with Gasteiger partial charge >= 0.3 is 0 Å². The lowest BCUT2D eigenvalue weighted by Gasteiger charge is -2.13. The van der Waals surface area contributed by atoms with Gasteiger partial charge in [0.1, 0.15) is 0 Å². The van der Waals surface area contributed by atoms with Gasteiger partial charge in [-0.1, -0.05) is 47.5 Å². The molecule has 116 valence electrons. The molecule has 0 radical (unpaired) electrons. The number of halogens is 2. The molecule has 3 nitrogen and oxygen atoms in total. The minimum atomic E-state index is -0.637. The number of hydrogen-bond donors (Lipinski definition) is 2. The maximum absolute atomic E-state index is 12.1. The summed E-state index contributed by atoms with van der Waals surface area (Å²) in [6, 6.07) is 12.4. The zero-order valence-electron chi connectivity index (χ0n) is 12.1. The molecule has 0 saturated carbocycles. The quantitative estimate of drug-likeness (QED) is 0.836. The van der Waals surface area contributed by atoms with E-state index in [1.54, 1.807) is 31.2 Å². The molecule has 2 aromatic carbocycles. The van der Waals surface area contributed by atoms with Crippen LogP contribution in [-0.4, -0.2) is 11.0 Å². The smallest absolute Gasteiger partial charge is 0.224 e. The standard InChI is InChI=1S/C17H17Cl2NO2/c1-11(21)14-4-2-3-5-16(14)20-17(22)9-7-12-6-8-13(18)10-15(12)19/h2-6,8,10-11,21H,7,9H2,1H3,(H,20,22). The lowest BCUT2D eigenvalue weighted by atomic mass is 10.1. The molecule has 0 bridgehead atoms. The molecule has 5 heteroatoms. The molecule has 22 heavy (non-hydrogen) atoms. The van der Waals surface area contributed by atoms with Crippen LogP contribution in [0.5, 0.6) is 0 Å². The third kappa shape index (κ3) is 4.47. The van der Waals surface area contributed by atoms with Gasteiger partial charge in [-0.2, -0.15) is 0 Å². The second-order valence-electron chi connectivity index (χ2n) is 5.05. The van der Waals surface area contributed by atoms with Crippen molar-refractivity contribution in [2.45, 2.75) is 25.9 Å². The first-order valence-electron chi connectivity index (χ1n) is 6.98. The van der Waals surface area contributed by atoms with E-state index in [1.807, 2.05) is 18.2 Å². The molecule has 0 heterocycles. The number of carbonyl (C=O) groups excluding carboxylic acids is 1. The van der Waals surface area contributed by atoms with Crippen LogP contribution in [0.25, 0.3) is 0 Å². The van der Waals surface area contributed by atoms with E-state index in [2.05, 4.69) is 5.32 Å². The Kier molecular flexibility index (Phi) is 5.83. The van der Waals surface area contributed by atoms with Crippen molar-refractivity contribution in [3.63, 3.8) is 0 Å². The Morgan fingerprint density at radius 2 is 1.95 bits per heavy atom. The highest BCUT2D eigenvalue weighted by Crippen LogP contribution is 2.24. The van der Waals surface area contributed by atoms with Crippen molar-refractivity contribution < 1.29 is 9.90 Å². The van der Waals surface area contributed by atoms with Crippen LogP contribution in [0.15, 0.2) is 42.5 Å². The van der Waals surface area contributed by atoms with E-state index in [0.717, 1.165) is 5.56 Å². The van der Waals surface area contributed by atoms with E-state index in [0.29, 0.717) is 34.1 Å². The van der Waals surface area contributed by atoms with Crippen molar-refractivity contribution in [2.75, 3.05) is 5.32 Å². The first-order chi connectivity index (χ1) is 10.5. The molecule has 0 spiro atoms. The fourth-order valence-corrected chi connectivity index (χ4v) is 2.66. The van der Waals surface area contributed by atoms with Crippen LogP contribution >= 0.6 is 23.2 Å². The average Bonchev–Trinajstić information content (AvgIpc) is 2.46. The maximum Gasteiger partial charge on any atom is 0.224 e. The van der Waals surface area contributed by atoms with E-state index in [-0.39, 0.29) is 5.91 Å². The Balaban J connectivity index is 1.99. The largest absolute Gasteiger partial charge is 0.389 e. The van der Waals surface area contributed by atoms with Gasteiger partial charge in [-0.3, -0.25) is 4.79 Å². The minimum absolute atomic E-state index is 0.126. The van der Waals surface area contributed by atoms with E-state index < -0.39 is 6.10 Å². The van der Waals surface area contributed by atoms with Gasteiger partial charge in [0, 0.05) is 27.7 Å². The molecular weight excluding hydrogens is 321 g/mol. The fourth-order valence-electron chi connectivity index (χ4n) is 2.16. The third-order valence-electron chi connectivity index (χ3n) is 3.32. The minimum Gasteiger partial charge on any atom is -0.389 e.